The van der Waals surface area contributed by atoms with Crippen LogP contribution in [0.2, 0.25) is 0 Å². The van der Waals surface area contributed by atoms with E-state index in [0.717, 1.165) is 12.1 Å². The summed E-state index contributed by atoms with van der Waals surface area (Å²) in [6.07, 6.45) is -1.50. The van der Waals surface area contributed by atoms with E-state index in [-0.39, 0.29) is 32.1 Å². The van der Waals surface area contributed by atoms with Gasteiger partial charge in [-0.2, -0.15) is 13.2 Å². The molecule has 2 aromatic rings. The molecule has 0 N–H and O–H groups in total. The third-order valence-corrected chi connectivity index (χ3v) is 4.72. The normalized spacial score (nSPS) is 11.3. The number of benzene rings is 1. The Labute approximate surface area is 185 Å². The molecule has 32 heavy (non-hydrogen) atoms. The predicted molar refractivity (Wildman–Crippen MR) is 113 cm³/mol. The van der Waals surface area contributed by atoms with E-state index in [1.165, 1.54) is 23.4 Å². The largest absolute Gasteiger partial charge is 0.466 e. The highest BCUT2D eigenvalue weighted by Gasteiger charge is 2.31. The molecule has 0 aliphatic rings. The van der Waals surface area contributed by atoms with Crippen LogP contribution >= 0.6 is 0 Å². The maximum Gasteiger partial charge on any atom is 0.416 e. The zero-order valence-electron chi connectivity index (χ0n) is 18.4. The maximum absolute atomic E-state index is 13.4. The second-order valence-electron chi connectivity index (χ2n) is 6.98. The Morgan fingerprint density at radius 2 is 1.81 bits per heavy atom. The van der Waals surface area contributed by atoms with Gasteiger partial charge in [-0.1, -0.05) is 6.07 Å². The van der Waals surface area contributed by atoms with E-state index in [0.29, 0.717) is 35.4 Å². The minimum atomic E-state index is -4.52. The molecule has 0 unspecified atom stereocenters. The molecule has 0 radical (unpaired) electrons. The zero-order valence-corrected chi connectivity index (χ0v) is 18.4. The van der Waals surface area contributed by atoms with Crippen molar-refractivity contribution in [1.82, 2.24) is 9.88 Å². The van der Waals surface area contributed by atoms with Crippen molar-refractivity contribution in [3.63, 3.8) is 0 Å². The Morgan fingerprint density at radius 3 is 2.44 bits per heavy atom. The molecule has 0 aliphatic carbocycles. The third kappa shape index (κ3) is 7.05. The second-order valence-corrected chi connectivity index (χ2v) is 6.98. The number of esters is 1. The quantitative estimate of drug-likeness (QED) is 0.504. The van der Waals surface area contributed by atoms with E-state index in [2.05, 4.69) is 4.98 Å². The standard InChI is InChI=1S/C23H27F3N2O4/c1-4-28(21(29)15-31-5-2)14-18-11-19(23(24,25)26)7-8-20(18)17-9-16(12-27-13-17)10-22(30)32-6-3/h7-9,11-13H,4-6,10,14-15H2,1-3H3. The fourth-order valence-electron chi connectivity index (χ4n) is 3.16. The van der Waals surface area contributed by atoms with Gasteiger partial charge < -0.3 is 14.4 Å². The SMILES string of the molecule is CCOCC(=O)N(CC)Cc1cc(C(F)(F)F)ccc1-c1cncc(CC(=O)OCC)c1. The highest BCUT2D eigenvalue weighted by Crippen LogP contribution is 2.34. The number of rotatable bonds is 10. The van der Waals surface area contributed by atoms with Crippen molar-refractivity contribution in [1.29, 1.82) is 0 Å². The number of carbonyl (C=O) groups is 2. The Hall–Kier alpha value is -2.94. The fourth-order valence-corrected chi connectivity index (χ4v) is 3.16. The molecule has 0 atom stereocenters. The van der Waals surface area contributed by atoms with Crippen molar-refractivity contribution in [2.24, 2.45) is 0 Å². The minimum Gasteiger partial charge on any atom is -0.466 e. The molecule has 0 saturated carbocycles. The van der Waals surface area contributed by atoms with Gasteiger partial charge >= 0.3 is 12.1 Å². The van der Waals surface area contributed by atoms with E-state index < -0.39 is 17.7 Å². The number of amides is 1. The molecular formula is C23H27F3N2O4. The third-order valence-electron chi connectivity index (χ3n) is 4.72. The van der Waals surface area contributed by atoms with Crippen molar-refractivity contribution in [2.75, 3.05) is 26.4 Å². The number of hydrogen-bond acceptors (Lipinski definition) is 5. The van der Waals surface area contributed by atoms with E-state index in [1.807, 2.05) is 0 Å². The molecule has 0 spiro atoms. The highest BCUT2D eigenvalue weighted by atomic mass is 19.4. The Kier molecular flexibility index (Phi) is 9.19. The lowest BCUT2D eigenvalue weighted by molar-refractivity contribution is -0.142. The molecule has 174 valence electrons. The number of carbonyl (C=O) groups excluding carboxylic acids is 2. The first-order valence-electron chi connectivity index (χ1n) is 10.3. The van der Waals surface area contributed by atoms with Gasteiger partial charge in [0.25, 0.3) is 0 Å². The van der Waals surface area contributed by atoms with Gasteiger partial charge in [-0.25, -0.2) is 0 Å². The van der Waals surface area contributed by atoms with Gasteiger partial charge in [0.05, 0.1) is 18.6 Å². The molecule has 1 aromatic heterocycles. The van der Waals surface area contributed by atoms with Crippen molar-refractivity contribution >= 4 is 11.9 Å². The van der Waals surface area contributed by atoms with Crippen molar-refractivity contribution < 1.29 is 32.2 Å². The molecule has 1 aromatic carbocycles. The Balaban J connectivity index is 2.44. The number of alkyl halides is 3. The summed E-state index contributed by atoms with van der Waals surface area (Å²) in [5, 5.41) is 0. The topological polar surface area (TPSA) is 68.7 Å². The van der Waals surface area contributed by atoms with Crippen molar-refractivity contribution in [3.8, 4) is 11.1 Å². The number of ether oxygens (including phenoxy) is 2. The van der Waals surface area contributed by atoms with Crippen LogP contribution in [0.3, 0.4) is 0 Å². The lowest BCUT2D eigenvalue weighted by Gasteiger charge is -2.23. The molecule has 2 rings (SSSR count). The van der Waals surface area contributed by atoms with Gasteiger partial charge in [0.1, 0.15) is 6.61 Å². The average molecular weight is 452 g/mol. The number of pyridine rings is 1. The molecule has 0 fully saturated rings. The monoisotopic (exact) mass is 452 g/mol. The first kappa shape index (κ1) is 25.3. The first-order valence-corrected chi connectivity index (χ1v) is 10.3. The summed E-state index contributed by atoms with van der Waals surface area (Å²) in [6.45, 7) is 5.95. The summed E-state index contributed by atoms with van der Waals surface area (Å²) in [4.78, 5) is 29.8. The van der Waals surface area contributed by atoms with Gasteiger partial charge in [0.15, 0.2) is 0 Å². The van der Waals surface area contributed by atoms with Crippen LogP contribution in [0.1, 0.15) is 37.5 Å². The Bertz CT molecular complexity index is 932. The lowest BCUT2D eigenvalue weighted by Crippen LogP contribution is -2.33. The van der Waals surface area contributed by atoms with Crippen LogP contribution in [-0.4, -0.2) is 48.1 Å². The molecule has 0 aliphatic heterocycles. The first-order chi connectivity index (χ1) is 15.2. The lowest BCUT2D eigenvalue weighted by atomic mass is 9.96. The highest BCUT2D eigenvalue weighted by molar-refractivity contribution is 5.78. The van der Waals surface area contributed by atoms with Crippen LogP contribution in [0.5, 0.6) is 0 Å². The average Bonchev–Trinajstić information content (AvgIpc) is 2.75. The smallest absolute Gasteiger partial charge is 0.416 e. The van der Waals surface area contributed by atoms with E-state index in [1.54, 1.807) is 26.8 Å². The summed E-state index contributed by atoms with van der Waals surface area (Å²) < 4.78 is 50.2. The summed E-state index contributed by atoms with van der Waals surface area (Å²) in [7, 11) is 0. The summed E-state index contributed by atoms with van der Waals surface area (Å²) in [6, 6.07) is 5.09. The van der Waals surface area contributed by atoms with Gasteiger partial charge in [-0.15, -0.1) is 0 Å². The fraction of sp³-hybridized carbons (Fsp3) is 0.435. The summed E-state index contributed by atoms with van der Waals surface area (Å²) in [5.41, 5.74) is 1.14. The predicted octanol–water partition coefficient (Wildman–Crippen LogP) is 4.26. The number of hydrogen-bond donors (Lipinski definition) is 0. The molecule has 9 heteroatoms. The van der Waals surface area contributed by atoms with Crippen LogP contribution in [0.25, 0.3) is 11.1 Å². The molecular weight excluding hydrogens is 425 g/mol. The molecule has 1 heterocycles. The second kappa shape index (κ2) is 11.6. The van der Waals surface area contributed by atoms with Crippen LogP contribution in [0.4, 0.5) is 13.2 Å². The summed E-state index contributed by atoms with van der Waals surface area (Å²) >= 11 is 0. The van der Waals surface area contributed by atoms with E-state index >= 15 is 0 Å². The van der Waals surface area contributed by atoms with Crippen LogP contribution in [0.15, 0.2) is 36.7 Å². The van der Waals surface area contributed by atoms with Crippen molar-refractivity contribution in [3.05, 3.63) is 53.3 Å². The van der Waals surface area contributed by atoms with E-state index in [9.17, 15) is 22.8 Å². The maximum atomic E-state index is 13.4. The molecule has 0 saturated heterocycles. The number of nitrogens with zero attached hydrogens (tertiary/aromatic N) is 2. The van der Waals surface area contributed by atoms with Gasteiger partial charge in [-0.05, 0) is 55.7 Å². The molecule has 1 amide bonds. The minimum absolute atomic E-state index is 0.00141. The van der Waals surface area contributed by atoms with Crippen LogP contribution < -0.4 is 0 Å². The number of halogens is 3. The molecule has 0 bridgehead atoms. The zero-order chi connectivity index (χ0) is 23.7. The number of aromatic nitrogens is 1. The summed E-state index contributed by atoms with van der Waals surface area (Å²) in [5.74, 6) is -0.732. The van der Waals surface area contributed by atoms with Gasteiger partial charge in [-0.3, -0.25) is 14.6 Å². The van der Waals surface area contributed by atoms with Crippen LogP contribution in [-0.2, 0) is 38.2 Å². The Morgan fingerprint density at radius 1 is 1.06 bits per heavy atom. The van der Waals surface area contributed by atoms with Crippen molar-refractivity contribution in [2.45, 2.75) is 39.9 Å². The van der Waals surface area contributed by atoms with Gasteiger partial charge in [0, 0.05) is 37.7 Å². The number of likely N-dealkylation sites (N-methyl/N-ethyl adjacent to an activating group) is 1. The van der Waals surface area contributed by atoms with E-state index in [4.69, 9.17) is 9.47 Å². The van der Waals surface area contributed by atoms with Gasteiger partial charge in [0.2, 0.25) is 5.91 Å². The molecule has 6 nitrogen and oxygen atoms in total. The van der Waals surface area contributed by atoms with Crippen LogP contribution in [0, 0.1) is 0 Å².